The predicted octanol–water partition coefficient (Wildman–Crippen LogP) is 1.70. The Kier molecular flexibility index (Phi) is 4.51. The van der Waals surface area contributed by atoms with Crippen molar-refractivity contribution < 1.29 is 17.9 Å². The highest BCUT2D eigenvalue weighted by Gasteiger charge is 2.35. The minimum absolute atomic E-state index is 0.267. The van der Waals surface area contributed by atoms with Crippen LogP contribution in [0.25, 0.3) is 0 Å². The third-order valence-electron chi connectivity index (χ3n) is 3.52. The lowest BCUT2D eigenvalue weighted by molar-refractivity contribution is 0.194. The third-order valence-corrected chi connectivity index (χ3v) is 6.86. The van der Waals surface area contributed by atoms with Crippen LogP contribution in [0.1, 0.15) is 11.3 Å². The van der Waals surface area contributed by atoms with Crippen LogP contribution < -0.4 is 9.47 Å². The van der Waals surface area contributed by atoms with Crippen molar-refractivity contribution in [2.75, 3.05) is 20.2 Å². The summed E-state index contributed by atoms with van der Waals surface area (Å²) >= 11 is 1.28. The van der Waals surface area contributed by atoms with Crippen LogP contribution in [0.5, 0.6) is 11.8 Å². The van der Waals surface area contributed by atoms with E-state index in [2.05, 4.69) is 9.97 Å². The molecule has 23 heavy (non-hydrogen) atoms. The molecule has 1 saturated heterocycles. The van der Waals surface area contributed by atoms with Crippen molar-refractivity contribution in [2.24, 2.45) is 0 Å². The molecular weight excluding hydrogens is 338 g/mol. The monoisotopic (exact) mass is 355 g/mol. The Morgan fingerprint density at radius 3 is 2.65 bits per heavy atom. The van der Waals surface area contributed by atoms with Gasteiger partial charge in [0.1, 0.15) is 10.3 Å². The summed E-state index contributed by atoms with van der Waals surface area (Å²) in [4.78, 5) is 9.08. The maximum absolute atomic E-state index is 12.6. The van der Waals surface area contributed by atoms with Crippen molar-refractivity contribution in [3.8, 4) is 11.8 Å². The minimum atomic E-state index is -3.45. The van der Waals surface area contributed by atoms with Gasteiger partial charge in [0.2, 0.25) is 0 Å². The van der Waals surface area contributed by atoms with E-state index in [-0.39, 0.29) is 12.0 Å². The zero-order chi connectivity index (χ0) is 16.4. The van der Waals surface area contributed by atoms with Gasteiger partial charge in [-0.3, -0.25) is 0 Å². The normalized spacial score (nSPS) is 19.0. The molecule has 0 N–H and O–H groups in total. The molecule has 2 aromatic rings. The summed E-state index contributed by atoms with van der Waals surface area (Å²) in [5.74, 6) is 0.578. The van der Waals surface area contributed by atoms with Crippen molar-refractivity contribution in [1.29, 1.82) is 0 Å². The quantitative estimate of drug-likeness (QED) is 0.812. The van der Waals surface area contributed by atoms with Crippen LogP contribution in [-0.2, 0) is 10.0 Å². The smallest absolute Gasteiger partial charge is 0.278 e. The van der Waals surface area contributed by atoms with Crippen LogP contribution >= 0.6 is 11.3 Å². The molecule has 0 amide bonds. The predicted molar refractivity (Wildman–Crippen MR) is 85.4 cm³/mol. The van der Waals surface area contributed by atoms with Crippen molar-refractivity contribution in [3.63, 3.8) is 0 Å². The van der Waals surface area contributed by atoms with E-state index in [4.69, 9.17) is 9.47 Å². The van der Waals surface area contributed by atoms with Gasteiger partial charge in [-0.1, -0.05) is 0 Å². The van der Waals surface area contributed by atoms with Gasteiger partial charge in [-0.15, -0.1) is 11.3 Å². The standard InChI is InChI=1S/C14H17N3O4S2/c1-10-3-4-12(22-10)23(18,19)17-8-5-11(9-17)21-14-13(20-2)15-6-7-16-14/h3-4,6-7,11H,5,8-9H2,1-2H3. The molecule has 1 atom stereocenters. The zero-order valence-corrected chi connectivity index (χ0v) is 14.4. The Morgan fingerprint density at radius 1 is 1.26 bits per heavy atom. The first-order valence-electron chi connectivity index (χ1n) is 7.09. The van der Waals surface area contributed by atoms with E-state index < -0.39 is 10.0 Å². The van der Waals surface area contributed by atoms with Crippen LogP contribution in [0, 0.1) is 6.92 Å². The van der Waals surface area contributed by atoms with Gasteiger partial charge in [0.25, 0.3) is 21.8 Å². The molecule has 1 aliphatic heterocycles. The second-order valence-electron chi connectivity index (χ2n) is 5.13. The maximum atomic E-state index is 12.6. The van der Waals surface area contributed by atoms with E-state index in [1.54, 1.807) is 6.07 Å². The van der Waals surface area contributed by atoms with Crippen LogP contribution in [0.15, 0.2) is 28.7 Å². The largest absolute Gasteiger partial charge is 0.477 e. The van der Waals surface area contributed by atoms with E-state index in [0.717, 1.165) is 4.88 Å². The van der Waals surface area contributed by atoms with Gasteiger partial charge in [-0.2, -0.15) is 4.31 Å². The first-order chi connectivity index (χ1) is 11.0. The summed E-state index contributed by atoms with van der Waals surface area (Å²) in [7, 11) is -1.97. The number of aromatic nitrogens is 2. The first kappa shape index (κ1) is 16.2. The highest BCUT2D eigenvalue weighted by atomic mass is 32.2. The van der Waals surface area contributed by atoms with Gasteiger partial charge in [-0.05, 0) is 25.5 Å². The Labute approximate surface area is 138 Å². The lowest BCUT2D eigenvalue weighted by atomic mass is 10.3. The number of aryl methyl sites for hydroxylation is 1. The molecule has 7 nitrogen and oxygen atoms in total. The topological polar surface area (TPSA) is 81.6 Å². The number of rotatable bonds is 5. The third kappa shape index (κ3) is 3.31. The molecule has 0 bridgehead atoms. The van der Waals surface area contributed by atoms with Gasteiger partial charge < -0.3 is 9.47 Å². The van der Waals surface area contributed by atoms with Crippen molar-refractivity contribution >= 4 is 21.4 Å². The van der Waals surface area contributed by atoms with Crippen molar-refractivity contribution in [1.82, 2.24) is 14.3 Å². The van der Waals surface area contributed by atoms with E-state index in [1.807, 2.05) is 13.0 Å². The van der Waals surface area contributed by atoms with Crippen LogP contribution in [-0.4, -0.2) is 49.0 Å². The molecule has 9 heteroatoms. The number of hydrogen-bond donors (Lipinski definition) is 0. The second kappa shape index (κ2) is 6.42. The van der Waals surface area contributed by atoms with Crippen molar-refractivity contribution in [3.05, 3.63) is 29.4 Å². The van der Waals surface area contributed by atoms with Crippen LogP contribution in [0.3, 0.4) is 0 Å². The van der Waals surface area contributed by atoms with Gasteiger partial charge in [0.15, 0.2) is 0 Å². The van der Waals surface area contributed by atoms with E-state index in [0.29, 0.717) is 29.6 Å². The van der Waals surface area contributed by atoms with E-state index in [9.17, 15) is 8.42 Å². The molecule has 3 rings (SSSR count). The Morgan fingerprint density at radius 2 is 2.00 bits per heavy atom. The summed E-state index contributed by atoms with van der Waals surface area (Å²) in [6.07, 6.45) is 3.35. The number of hydrogen-bond acceptors (Lipinski definition) is 7. The lowest BCUT2D eigenvalue weighted by Gasteiger charge is -2.16. The fourth-order valence-electron chi connectivity index (χ4n) is 2.38. The average molecular weight is 355 g/mol. The van der Waals surface area contributed by atoms with Crippen LogP contribution in [0.4, 0.5) is 0 Å². The summed E-state index contributed by atoms with van der Waals surface area (Å²) in [6, 6.07) is 3.46. The second-order valence-corrected chi connectivity index (χ2v) is 8.58. The molecule has 1 fully saturated rings. The van der Waals surface area contributed by atoms with Gasteiger partial charge >= 0.3 is 0 Å². The molecule has 0 spiro atoms. The van der Waals surface area contributed by atoms with Gasteiger partial charge in [0, 0.05) is 23.8 Å². The van der Waals surface area contributed by atoms with Gasteiger partial charge in [-0.25, -0.2) is 18.4 Å². The summed E-state index contributed by atoms with van der Waals surface area (Å²) < 4.78 is 37.9. The Hall–Kier alpha value is -1.71. The molecule has 1 aliphatic rings. The summed E-state index contributed by atoms with van der Waals surface area (Å²) in [6.45, 7) is 2.60. The number of ether oxygens (including phenoxy) is 2. The molecule has 0 radical (unpaired) electrons. The summed E-state index contributed by atoms with van der Waals surface area (Å²) in [5, 5.41) is 0. The van der Waals surface area contributed by atoms with E-state index in [1.165, 1.54) is 35.1 Å². The number of thiophene rings is 1. The molecule has 0 aliphatic carbocycles. The lowest BCUT2D eigenvalue weighted by Crippen LogP contribution is -2.30. The highest BCUT2D eigenvalue weighted by molar-refractivity contribution is 7.91. The molecule has 2 aromatic heterocycles. The average Bonchev–Trinajstić information content (AvgIpc) is 3.17. The Balaban J connectivity index is 1.71. The van der Waals surface area contributed by atoms with E-state index >= 15 is 0 Å². The highest BCUT2D eigenvalue weighted by Crippen LogP contribution is 2.29. The molecule has 1 unspecified atom stereocenters. The minimum Gasteiger partial charge on any atom is -0.477 e. The maximum Gasteiger partial charge on any atom is 0.278 e. The molecule has 124 valence electrons. The van der Waals surface area contributed by atoms with Crippen LogP contribution in [0.2, 0.25) is 0 Å². The first-order valence-corrected chi connectivity index (χ1v) is 9.34. The van der Waals surface area contributed by atoms with Crippen molar-refractivity contribution in [2.45, 2.75) is 23.7 Å². The number of methoxy groups -OCH3 is 1. The fraction of sp³-hybridized carbons (Fsp3) is 0.429. The molecule has 3 heterocycles. The number of nitrogens with zero attached hydrogens (tertiary/aromatic N) is 3. The number of sulfonamides is 1. The molecule has 0 saturated carbocycles. The van der Waals surface area contributed by atoms with Gasteiger partial charge in [0.05, 0.1) is 13.7 Å². The SMILES string of the molecule is COc1nccnc1OC1CCN(S(=O)(=O)c2ccc(C)s2)C1. The summed E-state index contributed by atoms with van der Waals surface area (Å²) in [5.41, 5.74) is 0. The Bertz CT molecular complexity index is 791. The zero-order valence-electron chi connectivity index (χ0n) is 12.8. The molecular formula is C14H17N3O4S2. The molecule has 0 aromatic carbocycles. The fourth-order valence-corrected chi connectivity index (χ4v) is 5.31.